The maximum atomic E-state index is 14.6. The molecule has 6 nitrogen and oxygen atoms in total. The average Bonchev–Trinajstić information content (AvgIpc) is 3.25. The van der Waals surface area contributed by atoms with Gasteiger partial charge in [0.05, 0.1) is 25.9 Å². The van der Waals surface area contributed by atoms with E-state index in [-0.39, 0.29) is 6.54 Å². The largest absolute Gasteiger partial charge is 0.467 e. The standard InChI is InChI=1S/C22H22FN3O3/c1-15(17-8-9-18(19(23)12-17)16-6-4-3-5-7-16)21(27)25-20(22(28)29-2)13-26-11-10-24-14-26/h3-12,14-15,20H,13H2,1-2H3,(H,25,27)/t15-,20+/m0/s1. The van der Waals surface area contributed by atoms with Crippen molar-refractivity contribution in [3.8, 4) is 11.1 Å². The van der Waals surface area contributed by atoms with Gasteiger partial charge in [-0.1, -0.05) is 42.5 Å². The van der Waals surface area contributed by atoms with E-state index in [1.54, 1.807) is 42.3 Å². The molecule has 0 saturated heterocycles. The van der Waals surface area contributed by atoms with Crippen LogP contribution >= 0.6 is 0 Å². The molecule has 0 saturated carbocycles. The Kier molecular flexibility index (Phi) is 6.39. The summed E-state index contributed by atoms with van der Waals surface area (Å²) in [6.07, 6.45) is 4.81. The molecule has 0 aliphatic carbocycles. The topological polar surface area (TPSA) is 73.2 Å². The van der Waals surface area contributed by atoms with Crippen molar-refractivity contribution in [2.24, 2.45) is 0 Å². The number of amides is 1. The van der Waals surface area contributed by atoms with Crippen LogP contribution in [-0.4, -0.2) is 34.6 Å². The number of esters is 1. The highest BCUT2D eigenvalue weighted by molar-refractivity contribution is 5.88. The molecule has 1 heterocycles. The fraction of sp³-hybridized carbons (Fsp3) is 0.227. The lowest BCUT2D eigenvalue weighted by atomic mass is 9.96. The highest BCUT2D eigenvalue weighted by Crippen LogP contribution is 2.26. The monoisotopic (exact) mass is 395 g/mol. The van der Waals surface area contributed by atoms with E-state index < -0.39 is 29.7 Å². The predicted octanol–water partition coefficient (Wildman–Crippen LogP) is 3.15. The van der Waals surface area contributed by atoms with Crippen molar-refractivity contribution < 1.29 is 18.7 Å². The Morgan fingerprint density at radius 3 is 2.59 bits per heavy atom. The second kappa shape index (κ2) is 9.14. The smallest absolute Gasteiger partial charge is 0.330 e. The van der Waals surface area contributed by atoms with E-state index in [4.69, 9.17) is 4.74 Å². The van der Waals surface area contributed by atoms with Gasteiger partial charge >= 0.3 is 5.97 Å². The molecule has 7 heteroatoms. The summed E-state index contributed by atoms with van der Waals surface area (Å²) in [5, 5.41) is 2.69. The van der Waals surface area contributed by atoms with E-state index in [0.29, 0.717) is 11.1 Å². The van der Waals surface area contributed by atoms with E-state index in [1.165, 1.54) is 13.2 Å². The Labute approximate surface area is 168 Å². The maximum Gasteiger partial charge on any atom is 0.330 e. The summed E-state index contributed by atoms with van der Waals surface area (Å²) < 4.78 is 21.1. The van der Waals surface area contributed by atoms with Gasteiger partial charge in [-0.15, -0.1) is 0 Å². The zero-order chi connectivity index (χ0) is 20.8. The van der Waals surface area contributed by atoms with Crippen LogP contribution in [0.3, 0.4) is 0 Å². The molecule has 3 rings (SSSR count). The van der Waals surface area contributed by atoms with Gasteiger partial charge in [0, 0.05) is 18.0 Å². The van der Waals surface area contributed by atoms with E-state index in [1.807, 2.05) is 30.3 Å². The summed E-state index contributed by atoms with van der Waals surface area (Å²) >= 11 is 0. The number of hydrogen-bond acceptors (Lipinski definition) is 4. The number of carbonyl (C=O) groups excluding carboxylic acids is 2. The van der Waals surface area contributed by atoms with Crippen LogP contribution in [0.1, 0.15) is 18.4 Å². The van der Waals surface area contributed by atoms with Crippen molar-refractivity contribution in [3.05, 3.63) is 78.6 Å². The van der Waals surface area contributed by atoms with Gasteiger partial charge in [-0.2, -0.15) is 0 Å². The number of nitrogens with zero attached hydrogens (tertiary/aromatic N) is 2. The van der Waals surface area contributed by atoms with Gasteiger partial charge in [0.2, 0.25) is 5.91 Å². The first-order valence-corrected chi connectivity index (χ1v) is 9.18. The highest BCUT2D eigenvalue weighted by atomic mass is 19.1. The van der Waals surface area contributed by atoms with Gasteiger partial charge in [-0.05, 0) is 24.1 Å². The van der Waals surface area contributed by atoms with Crippen molar-refractivity contribution >= 4 is 11.9 Å². The van der Waals surface area contributed by atoms with Crippen LogP contribution in [0.25, 0.3) is 11.1 Å². The SMILES string of the molecule is COC(=O)[C@@H](Cn1ccnc1)NC(=O)[C@@H](C)c1ccc(-c2ccccc2)c(F)c1. The third-order valence-electron chi connectivity index (χ3n) is 4.73. The molecule has 0 unspecified atom stereocenters. The molecular weight excluding hydrogens is 373 g/mol. The fourth-order valence-electron chi connectivity index (χ4n) is 3.03. The first-order chi connectivity index (χ1) is 14.0. The lowest BCUT2D eigenvalue weighted by molar-refractivity contribution is -0.145. The zero-order valence-electron chi connectivity index (χ0n) is 16.2. The summed E-state index contributed by atoms with van der Waals surface area (Å²) in [6.45, 7) is 1.85. The molecule has 2 atom stereocenters. The molecule has 2 aromatic carbocycles. The fourth-order valence-corrected chi connectivity index (χ4v) is 3.03. The molecule has 0 aliphatic rings. The highest BCUT2D eigenvalue weighted by Gasteiger charge is 2.25. The number of nitrogens with one attached hydrogen (secondary N) is 1. The third kappa shape index (κ3) is 4.87. The second-order valence-corrected chi connectivity index (χ2v) is 6.67. The Bertz CT molecular complexity index is 974. The molecule has 1 aromatic heterocycles. The van der Waals surface area contributed by atoms with Gasteiger partial charge in [0.1, 0.15) is 11.9 Å². The lowest BCUT2D eigenvalue weighted by Crippen LogP contribution is -2.45. The number of aromatic nitrogens is 2. The van der Waals surface area contributed by atoms with Gasteiger partial charge in [0.25, 0.3) is 0 Å². The summed E-state index contributed by atoms with van der Waals surface area (Å²) in [6, 6.07) is 13.1. The van der Waals surface area contributed by atoms with E-state index in [9.17, 15) is 14.0 Å². The molecule has 3 aromatic rings. The summed E-state index contributed by atoms with van der Waals surface area (Å²) in [5.74, 6) is -2.02. The number of hydrogen-bond donors (Lipinski definition) is 1. The Morgan fingerprint density at radius 1 is 1.21 bits per heavy atom. The molecule has 0 aliphatic heterocycles. The molecule has 0 bridgehead atoms. The summed E-state index contributed by atoms with van der Waals surface area (Å²) in [7, 11) is 1.26. The van der Waals surface area contributed by atoms with E-state index in [0.717, 1.165) is 5.56 Å². The minimum absolute atomic E-state index is 0.187. The van der Waals surface area contributed by atoms with Gasteiger partial charge < -0.3 is 14.6 Å². The van der Waals surface area contributed by atoms with Crippen molar-refractivity contribution in [3.63, 3.8) is 0 Å². The van der Waals surface area contributed by atoms with Gasteiger partial charge in [0.15, 0.2) is 0 Å². The van der Waals surface area contributed by atoms with Crippen LogP contribution in [0, 0.1) is 5.82 Å². The van der Waals surface area contributed by atoms with Crippen LogP contribution in [0.4, 0.5) is 4.39 Å². The van der Waals surface area contributed by atoms with Crippen molar-refractivity contribution in [1.82, 2.24) is 14.9 Å². The molecule has 0 spiro atoms. The van der Waals surface area contributed by atoms with Gasteiger partial charge in [-0.3, -0.25) is 4.79 Å². The molecule has 1 N–H and O–H groups in total. The number of imidazole rings is 1. The zero-order valence-corrected chi connectivity index (χ0v) is 16.2. The first kappa shape index (κ1) is 20.3. The Morgan fingerprint density at radius 2 is 1.97 bits per heavy atom. The second-order valence-electron chi connectivity index (χ2n) is 6.67. The maximum absolute atomic E-state index is 14.6. The van der Waals surface area contributed by atoms with Crippen molar-refractivity contribution in [1.29, 1.82) is 0 Å². The van der Waals surface area contributed by atoms with Crippen LogP contribution in [0.5, 0.6) is 0 Å². The normalized spacial score (nSPS) is 12.8. The van der Waals surface area contributed by atoms with Crippen LogP contribution in [0.15, 0.2) is 67.3 Å². The Balaban J connectivity index is 1.74. The minimum atomic E-state index is -0.877. The molecular formula is C22H22FN3O3. The molecule has 0 radical (unpaired) electrons. The summed E-state index contributed by atoms with van der Waals surface area (Å²) in [5.41, 5.74) is 1.75. The number of ether oxygens (including phenoxy) is 1. The lowest BCUT2D eigenvalue weighted by Gasteiger charge is -2.20. The van der Waals surface area contributed by atoms with Gasteiger partial charge in [-0.25, -0.2) is 14.2 Å². The quantitative estimate of drug-likeness (QED) is 0.624. The van der Waals surface area contributed by atoms with Crippen LogP contribution in [0.2, 0.25) is 0 Å². The number of carbonyl (C=O) groups is 2. The summed E-state index contributed by atoms with van der Waals surface area (Å²) in [4.78, 5) is 28.7. The molecule has 1 amide bonds. The average molecular weight is 395 g/mol. The minimum Gasteiger partial charge on any atom is -0.467 e. The van der Waals surface area contributed by atoms with Crippen LogP contribution < -0.4 is 5.32 Å². The van der Waals surface area contributed by atoms with Crippen molar-refractivity contribution in [2.75, 3.05) is 7.11 Å². The van der Waals surface area contributed by atoms with E-state index >= 15 is 0 Å². The number of rotatable bonds is 7. The first-order valence-electron chi connectivity index (χ1n) is 9.18. The molecule has 0 fully saturated rings. The molecule has 29 heavy (non-hydrogen) atoms. The third-order valence-corrected chi connectivity index (χ3v) is 4.73. The van der Waals surface area contributed by atoms with E-state index in [2.05, 4.69) is 10.3 Å². The number of benzene rings is 2. The predicted molar refractivity (Wildman–Crippen MR) is 106 cm³/mol. The molecule has 150 valence electrons. The Hall–Kier alpha value is -3.48. The number of methoxy groups -OCH3 is 1. The van der Waals surface area contributed by atoms with Crippen molar-refractivity contribution in [2.45, 2.75) is 25.4 Å². The number of halogens is 1. The van der Waals surface area contributed by atoms with Crippen LogP contribution in [-0.2, 0) is 20.9 Å².